The summed E-state index contributed by atoms with van der Waals surface area (Å²) >= 11 is 0. The van der Waals surface area contributed by atoms with Gasteiger partial charge in [-0.25, -0.2) is 0 Å². The lowest BCUT2D eigenvalue weighted by Crippen LogP contribution is -2.27. The minimum Gasteiger partial charge on any atom is -0.317 e. The molecule has 0 saturated carbocycles. The van der Waals surface area contributed by atoms with Crippen LogP contribution >= 0.6 is 0 Å². The van der Waals surface area contributed by atoms with Gasteiger partial charge in [-0.3, -0.25) is 9.48 Å². The fourth-order valence-electron chi connectivity index (χ4n) is 2.33. The average molecular weight is 235 g/mol. The third-order valence-electron chi connectivity index (χ3n) is 3.52. The molecule has 0 amide bonds. The maximum Gasteiger partial charge on any atom is 0.166 e. The van der Waals surface area contributed by atoms with Crippen molar-refractivity contribution in [2.45, 2.75) is 39.2 Å². The van der Waals surface area contributed by atoms with Crippen LogP contribution in [0.15, 0.2) is 12.4 Å². The molecular formula is C13H21N3O. The number of aromatic nitrogens is 2. The molecule has 1 aliphatic rings. The van der Waals surface area contributed by atoms with E-state index in [1.807, 2.05) is 13.1 Å². The molecule has 0 unspecified atom stereocenters. The Balaban J connectivity index is 1.80. The molecule has 0 bridgehead atoms. The molecule has 0 atom stereocenters. The topological polar surface area (TPSA) is 46.9 Å². The number of rotatable bonds is 5. The van der Waals surface area contributed by atoms with Gasteiger partial charge in [0.15, 0.2) is 5.78 Å². The third-order valence-corrected chi connectivity index (χ3v) is 3.52. The number of aryl methyl sites for hydroxylation is 1. The maximum atomic E-state index is 11.9. The molecule has 1 aromatic heterocycles. The van der Waals surface area contributed by atoms with Crippen molar-refractivity contribution in [3.05, 3.63) is 18.0 Å². The SMILES string of the molecule is CCn1cc(C(=O)CCC2CCNCC2)cn1. The zero-order chi connectivity index (χ0) is 12.1. The molecule has 94 valence electrons. The van der Waals surface area contributed by atoms with E-state index in [1.165, 1.54) is 12.8 Å². The van der Waals surface area contributed by atoms with Gasteiger partial charge in [-0.2, -0.15) is 5.10 Å². The summed E-state index contributed by atoms with van der Waals surface area (Å²) in [6, 6.07) is 0. The summed E-state index contributed by atoms with van der Waals surface area (Å²) in [6.45, 7) is 5.05. The lowest BCUT2D eigenvalue weighted by Gasteiger charge is -2.21. The standard InChI is InChI=1S/C13H21N3O/c1-2-16-10-12(9-15-16)13(17)4-3-11-5-7-14-8-6-11/h9-11,14H,2-8H2,1H3. The first-order chi connectivity index (χ1) is 8.29. The van der Waals surface area contributed by atoms with Crippen LogP contribution in [0.1, 0.15) is 43.0 Å². The van der Waals surface area contributed by atoms with Crippen molar-refractivity contribution < 1.29 is 4.79 Å². The summed E-state index contributed by atoms with van der Waals surface area (Å²) in [5, 5.41) is 7.48. The summed E-state index contributed by atoms with van der Waals surface area (Å²) in [5.74, 6) is 0.963. The largest absolute Gasteiger partial charge is 0.317 e. The third kappa shape index (κ3) is 3.40. The Morgan fingerprint density at radius 3 is 2.94 bits per heavy atom. The number of nitrogens with zero attached hydrogens (tertiary/aromatic N) is 2. The number of nitrogens with one attached hydrogen (secondary N) is 1. The van der Waals surface area contributed by atoms with Crippen molar-refractivity contribution in [2.24, 2.45) is 5.92 Å². The average Bonchev–Trinajstić information content (AvgIpc) is 2.86. The Labute approximate surface area is 102 Å². The van der Waals surface area contributed by atoms with Crippen LogP contribution < -0.4 is 5.32 Å². The first-order valence-corrected chi connectivity index (χ1v) is 6.56. The molecule has 1 N–H and O–H groups in total. The molecule has 4 heteroatoms. The van der Waals surface area contributed by atoms with Gasteiger partial charge in [-0.05, 0) is 45.2 Å². The molecule has 4 nitrogen and oxygen atoms in total. The Kier molecular flexibility index (Phi) is 4.31. The Hall–Kier alpha value is -1.16. The van der Waals surface area contributed by atoms with Gasteiger partial charge in [-0.15, -0.1) is 0 Å². The van der Waals surface area contributed by atoms with Crippen molar-refractivity contribution in [3.8, 4) is 0 Å². The van der Waals surface area contributed by atoms with E-state index in [9.17, 15) is 4.79 Å². The number of piperidine rings is 1. The van der Waals surface area contributed by atoms with E-state index >= 15 is 0 Å². The van der Waals surface area contributed by atoms with Crippen molar-refractivity contribution in [1.82, 2.24) is 15.1 Å². The molecule has 17 heavy (non-hydrogen) atoms. The van der Waals surface area contributed by atoms with Crippen LogP contribution in [-0.4, -0.2) is 28.7 Å². The van der Waals surface area contributed by atoms with Gasteiger partial charge in [0.1, 0.15) is 0 Å². The van der Waals surface area contributed by atoms with Gasteiger partial charge in [-0.1, -0.05) is 0 Å². The normalized spacial score (nSPS) is 17.2. The van der Waals surface area contributed by atoms with Crippen molar-refractivity contribution >= 4 is 5.78 Å². The van der Waals surface area contributed by atoms with Gasteiger partial charge in [0.05, 0.1) is 11.8 Å². The molecule has 0 aliphatic carbocycles. The fourth-order valence-corrected chi connectivity index (χ4v) is 2.33. The summed E-state index contributed by atoms with van der Waals surface area (Å²) in [5.41, 5.74) is 0.765. The van der Waals surface area contributed by atoms with Gasteiger partial charge in [0.2, 0.25) is 0 Å². The predicted molar refractivity (Wildman–Crippen MR) is 67.1 cm³/mol. The van der Waals surface area contributed by atoms with Crippen LogP contribution in [0, 0.1) is 5.92 Å². The molecule has 0 aromatic carbocycles. The summed E-state index contributed by atoms with van der Waals surface area (Å²) in [6.07, 6.45) is 7.65. The number of carbonyl (C=O) groups excluding carboxylic acids is 1. The lowest BCUT2D eigenvalue weighted by molar-refractivity contribution is 0.0970. The van der Waals surface area contributed by atoms with Crippen molar-refractivity contribution in [1.29, 1.82) is 0 Å². The summed E-state index contributed by atoms with van der Waals surface area (Å²) in [4.78, 5) is 11.9. The molecule has 2 heterocycles. The molecule has 0 radical (unpaired) electrons. The minimum absolute atomic E-state index is 0.239. The van der Waals surface area contributed by atoms with Crippen LogP contribution in [0.3, 0.4) is 0 Å². The molecule has 2 rings (SSSR count). The number of ketones is 1. The summed E-state index contributed by atoms with van der Waals surface area (Å²) < 4.78 is 1.80. The number of Topliss-reactive ketones (excluding diaryl/α,β-unsaturated/α-hetero) is 1. The Bertz CT molecular complexity index is 366. The number of hydrogen-bond donors (Lipinski definition) is 1. The second kappa shape index (κ2) is 5.96. The van der Waals surface area contributed by atoms with Crippen LogP contribution in [0.4, 0.5) is 0 Å². The van der Waals surface area contributed by atoms with Crippen LogP contribution in [0.25, 0.3) is 0 Å². The fraction of sp³-hybridized carbons (Fsp3) is 0.692. The smallest absolute Gasteiger partial charge is 0.166 e. The Morgan fingerprint density at radius 1 is 1.53 bits per heavy atom. The second-order valence-electron chi connectivity index (χ2n) is 4.74. The quantitative estimate of drug-likeness (QED) is 0.792. The first kappa shape index (κ1) is 12.3. The number of carbonyl (C=O) groups is 1. The predicted octanol–water partition coefficient (Wildman–Crippen LogP) is 1.87. The second-order valence-corrected chi connectivity index (χ2v) is 4.74. The van der Waals surface area contributed by atoms with E-state index in [0.29, 0.717) is 6.42 Å². The lowest BCUT2D eigenvalue weighted by atomic mass is 9.91. The first-order valence-electron chi connectivity index (χ1n) is 6.56. The maximum absolute atomic E-state index is 11.9. The van der Waals surface area contributed by atoms with Crippen LogP contribution in [-0.2, 0) is 6.54 Å². The van der Waals surface area contributed by atoms with Crippen LogP contribution in [0.5, 0.6) is 0 Å². The molecule has 1 aliphatic heterocycles. The van der Waals surface area contributed by atoms with E-state index in [1.54, 1.807) is 10.9 Å². The van der Waals surface area contributed by atoms with E-state index < -0.39 is 0 Å². The zero-order valence-electron chi connectivity index (χ0n) is 10.5. The highest BCUT2D eigenvalue weighted by molar-refractivity contribution is 5.95. The van der Waals surface area contributed by atoms with Gasteiger partial charge >= 0.3 is 0 Å². The monoisotopic (exact) mass is 235 g/mol. The number of hydrogen-bond acceptors (Lipinski definition) is 3. The van der Waals surface area contributed by atoms with Crippen LogP contribution in [0.2, 0.25) is 0 Å². The molecular weight excluding hydrogens is 214 g/mol. The highest BCUT2D eigenvalue weighted by atomic mass is 16.1. The minimum atomic E-state index is 0.239. The van der Waals surface area contributed by atoms with Crippen molar-refractivity contribution in [3.63, 3.8) is 0 Å². The molecule has 1 fully saturated rings. The molecule has 1 aromatic rings. The van der Waals surface area contributed by atoms with E-state index in [0.717, 1.165) is 37.5 Å². The van der Waals surface area contributed by atoms with E-state index in [2.05, 4.69) is 10.4 Å². The zero-order valence-corrected chi connectivity index (χ0v) is 10.5. The van der Waals surface area contributed by atoms with Gasteiger partial charge in [0, 0.05) is 19.2 Å². The Morgan fingerprint density at radius 2 is 2.29 bits per heavy atom. The van der Waals surface area contributed by atoms with Gasteiger partial charge in [0.25, 0.3) is 0 Å². The molecule has 1 saturated heterocycles. The highest BCUT2D eigenvalue weighted by Gasteiger charge is 2.15. The molecule has 0 spiro atoms. The summed E-state index contributed by atoms with van der Waals surface area (Å²) in [7, 11) is 0. The van der Waals surface area contributed by atoms with E-state index in [4.69, 9.17) is 0 Å². The van der Waals surface area contributed by atoms with Gasteiger partial charge < -0.3 is 5.32 Å². The van der Waals surface area contributed by atoms with Crippen molar-refractivity contribution in [2.75, 3.05) is 13.1 Å². The van der Waals surface area contributed by atoms with E-state index in [-0.39, 0.29) is 5.78 Å². The highest BCUT2D eigenvalue weighted by Crippen LogP contribution is 2.19.